The van der Waals surface area contributed by atoms with Crippen molar-refractivity contribution in [3.8, 4) is 0 Å². The van der Waals surface area contributed by atoms with Gasteiger partial charge in [-0.05, 0) is 43.2 Å². The fraction of sp³-hybridized carbons (Fsp3) is 0.727. The van der Waals surface area contributed by atoms with Crippen LogP contribution >= 0.6 is 15.9 Å². The Labute approximate surface area is 101 Å². The Morgan fingerprint density at radius 1 is 1.47 bits per heavy atom. The first-order valence-corrected chi connectivity index (χ1v) is 6.17. The quantitative estimate of drug-likeness (QED) is 0.841. The van der Waals surface area contributed by atoms with Crippen molar-refractivity contribution in [1.82, 2.24) is 14.7 Å². The number of hydrogen-bond acceptors (Lipinski definition) is 2. The monoisotopic (exact) mass is 273 g/mol. The van der Waals surface area contributed by atoms with Gasteiger partial charge >= 0.3 is 0 Å². The van der Waals surface area contributed by atoms with Crippen LogP contribution in [0.3, 0.4) is 0 Å². The van der Waals surface area contributed by atoms with Crippen molar-refractivity contribution in [2.24, 2.45) is 7.05 Å². The van der Waals surface area contributed by atoms with Gasteiger partial charge in [-0.1, -0.05) is 6.92 Å². The maximum atomic E-state index is 4.48. The first kappa shape index (κ1) is 12.7. The van der Waals surface area contributed by atoms with Crippen molar-refractivity contribution in [2.75, 3.05) is 7.05 Å². The van der Waals surface area contributed by atoms with Crippen LogP contribution in [0.15, 0.2) is 4.47 Å². The fourth-order valence-electron chi connectivity index (χ4n) is 1.41. The average Bonchev–Trinajstić information content (AvgIpc) is 2.44. The molecule has 4 heteroatoms. The van der Waals surface area contributed by atoms with Crippen LogP contribution in [0, 0.1) is 0 Å². The van der Waals surface area contributed by atoms with Crippen LogP contribution < -0.4 is 0 Å². The van der Waals surface area contributed by atoms with Crippen molar-refractivity contribution in [3.05, 3.63) is 15.9 Å². The first-order chi connectivity index (χ1) is 6.97. The topological polar surface area (TPSA) is 21.1 Å². The van der Waals surface area contributed by atoms with Gasteiger partial charge in [-0.15, -0.1) is 0 Å². The lowest BCUT2D eigenvalue weighted by atomic mass is 10.2. The molecule has 0 bridgehead atoms. The summed E-state index contributed by atoms with van der Waals surface area (Å²) in [5, 5.41) is 4.48. The van der Waals surface area contributed by atoms with E-state index in [1.807, 2.05) is 11.7 Å². The van der Waals surface area contributed by atoms with Gasteiger partial charge in [0.05, 0.1) is 15.9 Å². The van der Waals surface area contributed by atoms with Crippen LogP contribution in [0.4, 0.5) is 0 Å². The number of halogens is 1. The Morgan fingerprint density at radius 2 is 2.07 bits per heavy atom. The van der Waals surface area contributed by atoms with Crippen LogP contribution in [0.25, 0.3) is 0 Å². The summed E-state index contributed by atoms with van der Waals surface area (Å²) in [6, 6.07) is 0.553. The highest BCUT2D eigenvalue weighted by molar-refractivity contribution is 9.10. The predicted octanol–water partition coefficient (Wildman–Crippen LogP) is 2.59. The molecule has 0 saturated heterocycles. The minimum Gasteiger partial charge on any atom is -0.298 e. The van der Waals surface area contributed by atoms with Gasteiger partial charge in [0, 0.05) is 19.6 Å². The maximum absolute atomic E-state index is 4.48. The third kappa shape index (κ3) is 2.82. The Bertz CT molecular complexity index is 331. The van der Waals surface area contributed by atoms with Gasteiger partial charge in [-0.25, -0.2) is 0 Å². The van der Waals surface area contributed by atoms with Crippen LogP contribution in [-0.2, 0) is 20.0 Å². The second-order valence-corrected chi connectivity index (χ2v) is 4.99. The molecule has 0 unspecified atom stereocenters. The lowest BCUT2D eigenvalue weighted by molar-refractivity contribution is 0.258. The Balaban J connectivity index is 2.89. The molecular weight excluding hydrogens is 254 g/mol. The van der Waals surface area contributed by atoms with E-state index >= 15 is 0 Å². The molecule has 1 heterocycles. The molecule has 0 aliphatic carbocycles. The Hall–Kier alpha value is -0.350. The highest BCUT2D eigenvalue weighted by atomic mass is 79.9. The minimum absolute atomic E-state index is 0.553. The van der Waals surface area contributed by atoms with Gasteiger partial charge < -0.3 is 0 Å². The lowest BCUT2D eigenvalue weighted by Gasteiger charge is -2.21. The average molecular weight is 274 g/mol. The van der Waals surface area contributed by atoms with E-state index in [9.17, 15) is 0 Å². The molecule has 0 amide bonds. The smallest absolute Gasteiger partial charge is 0.0767 e. The molecule has 0 atom stereocenters. The second kappa shape index (κ2) is 5.12. The molecule has 0 saturated carbocycles. The molecule has 1 aromatic heterocycles. The molecule has 0 radical (unpaired) electrons. The molecule has 15 heavy (non-hydrogen) atoms. The van der Waals surface area contributed by atoms with Crippen molar-refractivity contribution < 1.29 is 0 Å². The first-order valence-electron chi connectivity index (χ1n) is 5.37. The molecule has 1 rings (SSSR count). The van der Waals surface area contributed by atoms with Crippen molar-refractivity contribution in [2.45, 2.75) is 39.8 Å². The van der Waals surface area contributed by atoms with E-state index in [0.29, 0.717) is 6.04 Å². The number of aromatic nitrogens is 2. The van der Waals surface area contributed by atoms with Gasteiger partial charge in [0.2, 0.25) is 0 Å². The second-order valence-electron chi connectivity index (χ2n) is 4.19. The van der Waals surface area contributed by atoms with Crippen LogP contribution in [0.2, 0.25) is 0 Å². The summed E-state index contributed by atoms with van der Waals surface area (Å²) in [5.41, 5.74) is 2.40. The zero-order valence-corrected chi connectivity index (χ0v) is 11.8. The Kier molecular flexibility index (Phi) is 4.34. The van der Waals surface area contributed by atoms with Crippen LogP contribution in [0.5, 0.6) is 0 Å². The van der Waals surface area contributed by atoms with E-state index in [1.54, 1.807) is 0 Å². The largest absolute Gasteiger partial charge is 0.298 e. The Morgan fingerprint density at radius 3 is 2.47 bits per heavy atom. The highest BCUT2D eigenvalue weighted by Gasteiger charge is 2.14. The molecule has 0 N–H and O–H groups in total. The molecule has 0 aliphatic heterocycles. The fourth-order valence-corrected chi connectivity index (χ4v) is 2.15. The lowest BCUT2D eigenvalue weighted by Crippen LogP contribution is -2.26. The van der Waals surface area contributed by atoms with Gasteiger partial charge in [0.15, 0.2) is 0 Å². The summed E-state index contributed by atoms with van der Waals surface area (Å²) in [6.45, 7) is 7.46. The third-order valence-electron chi connectivity index (χ3n) is 2.78. The standard InChI is InChI=1S/C11H20BrN3/c1-6-9-11(12)10(15(5)13-9)7-14(4)8(2)3/h8H,6-7H2,1-5H3. The SMILES string of the molecule is CCc1nn(C)c(CN(C)C(C)C)c1Br. The van der Waals surface area contributed by atoms with E-state index < -0.39 is 0 Å². The predicted molar refractivity (Wildman–Crippen MR) is 66.9 cm³/mol. The molecule has 86 valence electrons. The number of nitrogens with zero attached hydrogens (tertiary/aromatic N) is 3. The number of hydrogen-bond donors (Lipinski definition) is 0. The molecule has 3 nitrogen and oxygen atoms in total. The van der Waals surface area contributed by atoms with Gasteiger partial charge in [0.1, 0.15) is 0 Å². The molecule has 0 spiro atoms. The number of aryl methyl sites for hydroxylation is 2. The number of rotatable bonds is 4. The van der Waals surface area contributed by atoms with E-state index in [0.717, 1.165) is 18.7 Å². The molecule has 0 aromatic carbocycles. The van der Waals surface area contributed by atoms with Crippen LogP contribution in [-0.4, -0.2) is 27.8 Å². The zero-order valence-electron chi connectivity index (χ0n) is 10.2. The summed E-state index contributed by atoms with van der Waals surface area (Å²) in [7, 11) is 4.14. The zero-order chi connectivity index (χ0) is 11.6. The summed E-state index contributed by atoms with van der Waals surface area (Å²) in [5.74, 6) is 0. The van der Waals surface area contributed by atoms with E-state index in [4.69, 9.17) is 0 Å². The summed E-state index contributed by atoms with van der Waals surface area (Å²) in [4.78, 5) is 2.31. The normalized spacial score (nSPS) is 11.7. The third-order valence-corrected chi connectivity index (χ3v) is 3.70. The van der Waals surface area contributed by atoms with Crippen molar-refractivity contribution in [3.63, 3.8) is 0 Å². The molecule has 0 fully saturated rings. The van der Waals surface area contributed by atoms with E-state index in [-0.39, 0.29) is 0 Å². The maximum Gasteiger partial charge on any atom is 0.0767 e. The van der Waals surface area contributed by atoms with Crippen LogP contribution in [0.1, 0.15) is 32.2 Å². The van der Waals surface area contributed by atoms with Gasteiger partial charge in [0.25, 0.3) is 0 Å². The summed E-state index contributed by atoms with van der Waals surface area (Å²) < 4.78 is 3.14. The molecular formula is C11H20BrN3. The minimum atomic E-state index is 0.553. The van der Waals surface area contributed by atoms with Crippen molar-refractivity contribution >= 4 is 15.9 Å². The van der Waals surface area contributed by atoms with E-state index in [2.05, 4.69) is 53.7 Å². The van der Waals surface area contributed by atoms with Gasteiger partial charge in [-0.2, -0.15) is 5.10 Å². The summed E-state index contributed by atoms with van der Waals surface area (Å²) in [6.07, 6.45) is 0.972. The van der Waals surface area contributed by atoms with E-state index in [1.165, 1.54) is 10.2 Å². The molecule has 1 aromatic rings. The summed E-state index contributed by atoms with van der Waals surface area (Å²) >= 11 is 3.63. The highest BCUT2D eigenvalue weighted by Crippen LogP contribution is 2.22. The van der Waals surface area contributed by atoms with Crippen molar-refractivity contribution in [1.29, 1.82) is 0 Å². The van der Waals surface area contributed by atoms with Gasteiger partial charge in [-0.3, -0.25) is 9.58 Å². The molecule has 0 aliphatic rings.